The number of esters is 1. The predicted molar refractivity (Wildman–Crippen MR) is 114 cm³/mol. The molecule has 152 valence electrons. The number of hydrogen-bond acceptors (Lipinski definition) is 6. The van der Waals surface area contributed by atoms with Gasteiger partial charge in [0.1, 0.15) is 18.0 Å². The molecule has 0 fully saturated rings. The number of hydrogen-bond donors (Lipinski definition) is 0. The fraction of sp³-hybridized carbons (Fsp3) is 0.250. The van der Waals surface area contributed by atoms with E-state index in [9.17, 15) is 9.59 Å². The van der Waals surface area contributed by atoms with Crippen LogP contribution < -0.4 is 14.3 Å². The summed E-state index contributed by atoms with van der Waals surface area (Å²) in [5.74, 6) is 0.0105. The monoisotopic (exact) mass is 478 g/mol. The molecule has 2 aromatic carbocycles. The van der Waals surface area contributed by atoms with Gasteiger partial charge in [-0.25, -0.2) is 0 Å². The van der Waals surface area contributed by atoms with Gasteiger partial charge in [-0.2, -0.15) is 4.99 Å². The van der Waals surface area contributed by atoms with Crippen molar-refractivity contribution in [3.05, 3.63) is 51.2 Å². The number of carbonyl (C=O) groups is 2. The number of fused-ring (bicyclic) bond motifs is 1. The second-order valence-corrected chi connectivity index (χ2v) is 7.80. The molecule has 9 heteroatoms. The first-order chi connectivity index (χ1) is 14.0. The SMILES string of the molecule is CCOC(=O)Cn1c(=NC(=O)c2cc(OC)ccc2OC)sc2cc(Br)ccc21. The third kappa shape index (κ3) is 4.68. The highest BCUT2D eigenvalue weighted by Crippen LogP contribution is 2.25. The van der Waals surface area contributed by atoms with Crippen LogP contribution in [0.3, 0.4) is 0 Å². The van der Waals surface area contributed by atoms with Crippen LogP contribution in [-0.4, -0.2) is 37.3 Å². The zero-order valence-electron chi connectivity index (χ0n) is 16.1. The first-order valence-corrected chi connectivity index (χ1v) is 10.3. The summed E-state index contributed by atoms with van der Waals surface area (Å²) in [6, 6.07) is 10.6. The number of amides is 1. The van der Waals surface area contributed by atoms with Gasteiger partial charge in [0.15, 0.2) is 4.80 Å². The van der Waals surface area contributed by atoms with Crippen molar-refractivity contribution in [1.82, 2.24) is 4.57 Å². The molecule has 1 amide bonds. The molecule has 3 aromatic rings. The Hall–Kier alpha value is -2.65. The molecule has 0 unspecified atom stereocenters. The van der Waals surface area contributed by atoms with Gasteiger partial charge in [0, 0.05) is 4.47 Å². The van der Waals surface area contributed by atoms with Crippen LogP contribution in [0.15, 0.2) is 45.9 Å². The largest absolute Gasteiger partial charge is 0.497 e. The molecule has 29 heavy (non-hydrogen) atoms. The van der Waals surface area contributed by atoms with Crippen LogP contribution in [0.5, 0.6) is 11.5 Å². The van der Waals surface area contributed by atoms with Crippen molar-refractivity contribution in [3.63, 3.8) is 0 Å². The van der Waals surface area contributed by atoms with E-state index in [0.29, 0.717) is 16.3 Å². The van der Waals surface area contributed by atoms with Crippen molar-refractivity contribution in [2.45, 2.75) is 13.5 Å². The summed E-state index contributed by atoms with van der Waals surface area (Å²) in [4.78, 5) is 29.7. The van der Waals surface area contributed by atoms with Crippen LogP contribution in [0.1, 0.15) is 17.3 Å². The Bertz CT molecular complexity index is 1140. The summed E-state index contributed by atoms with van der Waals surface area (Å²) in [6.45, 7) is 1.98. The van der Waals surface area contributed by atoms with Gasteiger partial charge in [-0.1, -0.05) is 27.3 Å². The van der Waals surface area contributed by atoms with E-state index < -0.39 is 11.9 Å². The number of halogens is 1. The molecule has 0 aliphatic rings. The van der Waals surface area contributed by atoms with Gasteiger partial charge < -0.3 is 18.8 Å². The predicted octanol–water partition coefficient (Wildman–Crippen LogP) is 3.79. The lowest BCUT2D eigenvalue weighted by Crippen LogP contribution is -2.23. The molecule has 0 aliphatic carbocycles. The second kappa shape index (κ2) is 9.23. The molecule has 0 N–H and O–H groups in total. The number of rotatable bonds is 6. The zero-order valence-corrected chi connectivity index (χ0v) is 18.5. The molecule has 0 saturated heterocycles. The first kappa shape index (κ1) is 21.1. The van der Waals surface area contributed by atoms with Crippen LogP contribution in [0.4, 0.5) is 0 Å². The van der Waals surface area contributed by atoms with Crippen molar-refractivity contribution in [2.24, 2.45) is 4.99 Å². The highest BCUT2D eigenvalue weighted by molar-refractivity contribution is 9.10. The van der Waals surface area contributed by atoms with E-state index in [4.69, 9.17) is 14.2 Å². The number of benzene rings is 2. The molecule has 0 atom stereocenters. The molecule has 3 rings (SSSR count). The van der Waals surface area contributed by atoms with E-state index in [1.54, 1.807) is 29.7 Å². The Kier molecular flexibility index (Phi) is 6.71. The van der Waals surface area contributed by atoms with E-state index in [0.717, 1.165) is 14.7 Å². The van der Waals surface area contributed by atoms with E-state index >= 15 is 0 Å². The van der Waals surface area contributed by atoms with E-state index in [-0.39, 0.29) is 18.7 Å². The highest BCUT2D eigenvalue weighted by Gasteiger charge is 2.16. The summed E-state index contributed by atoms with van der Waals surface area (Å²) in [5.41, 5.74) is 1.06. The molecular weight excluding hydrogens is 460 g/mol. The average Bonchev–Trinajstić information content (AvgIpc) is 3.03. The minimum absolute atomic E-state index is 0.0448. The summed E-state index contributed by atoms with van der Waals surface area (Å²) in [6.07, 6.45) is 0. The lowest BCUT2D eigenvalue weighted by molar-refractivity contribution is -0.143. The minimum atomic E-state index is -0.496. The Morgan fingerprint density at radius 2 is 1.93 bits per heavy atom. The van der Waals surface area contributed by atoms with Crippen LogP contribution in [0, 0.1) is 0 Å². The maximum absolute atomic E-state index is 12.9. The molecule has 1 heterocycles. The molecule has 0 saturated carbocycles. The lowest BCUT2D eigenvalue weighted by Gasteiger charge is -2.08. The summed E-state index contributed by atoms with van der Waals surface area (Å²) < 4.78 is 19.0. The smallest absolute Gasteiger partial charge is 0.326 e. The van der Waals surface area contributed by atoms with Crippen molar-refractivity contribution in [2.75, 3.05) is 20.8 Å². The topological polar surface area (TPSA) is 79.1 Å². The molecule has 7 nitrogen and oxygen atoms in total. The molecular formula is C20H19BrN2O5S. The van der Waals surface area contributed by atoms with E-state index in [1.165, 1.54) is 25.6 Å². The van der Waals surface area contributed by atoms with Gasteiger partial charge in [-0.05, 0) is 43.3 Å². The maximum Gasteiger partial charge on any atom is 0.326 e. The fourth-order valence-electron chi connectivity index (χ4n) is 2.75. The van der Waals surface area contributed by atoms with Gasteiger partial charge >= 0.3 is 5.97 Å². The van der Waals surface area contributed by atoms with Crippen LogP contribution in [0.2, 0.25) is 0 Å². The van der Waals surface area contributed by atoms with Gasteiger partial charge in [-0.3, -0.25) is 9.59 Å². The van der Waals surface area contributed by atoms with Crippen LogP contribution >= 0.6 is 27.3 Å². The quantitative estimate of drug-likeness (QED) is 0.503. The summed E-state index contributed by atoms with van der Waals surface area (Å²) in [7, 11) is 3.00. The van der Waals surface area contributed by atoms with Gasteiger partial charge in [0.05, 0.1) is 36.6 Å². The Morgan fingerprint density at radius 1 is 1.14 bits per heavy atom. The Morgan fingerprint density at radius 3 is 2.62 bits per heavy atom. The standard InChI is InChI=1S/C20H19BrN2O5S/c1-4-28-18(24)11-23-15-7-5-12(21)9-17(15)29-20(23)22-19(25)14-10-13(26-2)6-8-16(14)27-3/h5-10H,4,11H2,1-3H3. The molecule has 0 radical (unpaired) electrons. The minimum Gasteiger partial charge on any atom is -0.497 e. The van der Waals surface area contributed by atoms with Gasteiger partial charge in [0.25, 0.3) is 5.91 Å². The number of methoxy groups -OCH3 is 2. The number of thiazole rings is 1. The third-order valence-electron chi connectivity index (χ3n) is 4.07. The maximum atomic E-state index is 12.9. The number of aromatic nitrogens is 1. The highest BCUT2D eigenvalue weighted by atomic mass is 79.9. The Labute approximate surface area is 179 Å². The van der Waals surface area contributed by atoms with Gasteiger partial charge in [0.2, 0.25) is 0 Å². The molecule has 0 aliphatic heterocycles. The first-order valence-electron chi connectivity index (χ1n) is 8.72. The van der Waals surface area contributed by atoms with Gasteiger partial charge in [-0.15, -0.1) is 0 Å². The van der Waals surface area contributed by atoms with Crippen molar-refractivity contribution in [1.29, 1.82) is 0 Å². The van der Waals surface area contributed by atoms with Crippen molar-refractivity contribution >= 4 is 49.4 Å². The summed E-state index contributed by atoms with van der Waals surface area (Å²) in [5, 5.41) is 0. The molecule has 0 bridgehead atoms. The number of nitrogens with zero attached hydrogens (tertiary/aromatic N) is 2. The van der Waals surface area contributed by atoms with Crippen LogP contribution in [-0.2, 0) is 16.1 Å². The van der Waals surface area contributed by atoms with E-state index in [1.807, 2.05) is 18.2 Å². The number of carbonyl (C=O) groups excluding carboxylic acids is 2. The zero-order chi connectivity index (χ0) is 21.0. The van der Waals surface area contributed by atoms with Crippen molar-refractivity contribution < 1.29 is 23.8 Å². The van der Waals surface area contributed by atoms with Crippen molar-refractivity contribution in [3.8, 4) is 11.5 Å². The fourth-order valence-corrected chi connectivity index (χ4v) is 4.33. The molecule has 1 aromatic heterocycles. The normalized spacial score (nSPS) is 11.5. The lowest BCUT2D eigenvalue weighted by atomic mass is 10.2. The summed E-state index contributed by atoms with van der Waals surface area (Å²) >= 11 is 4.75. The second-order valence-electron chi connectivity index (χ2n) is 5.87. The average molecular weight is 479 g/mol. The van der Waals surface area contributed by atoms with E-state index in [2.05, 4.69) is 20.9 Å². The van der Waals surface area contributed by atoms with Crippen LogP contribution in [0.25, 0.3) is 10.2 Å². The molecule has 0 spiro atoms. The number of ether oxygens (including phenoxy) is 3. The Balaban J connectivity index is 2.14. The third-order valence-corrected chi connectivity index (χ3v) is 5.61.